The van der Waals surface area contributed by atoms with Gasteiger partial charge in [-0.15, -0.1) is 0 Å². The van der Waals surface area contributed by atoms with Crippen molar-refractivity contribution in [2.75, 3.05) is 13.9 Å². The Kier molecular flexibility index (Phi) is 17.2. The monoisotopic (exact) mass is 448 g/mol. The molecular weight excluding hydrogens is 403 g/mol. The van der Waals surface area contributed by atoms with Crippen molar-refractivity contribution in [1.29, 1.82) is 0 Å². The fourth-order valence-electron chi connectivity index (χ4n) is 3.51. The SMILES string of the molecule is CCCC/C=C/[C@@H](OCOC)[Sn]([CH2]CCC)([CH2]CCC)[CH2]CCC. The summed E-state index contributed by atoms with van der Waals surface area (Å²) in [6.45, 7) is 9.71. The number of unbranched alkanes of at least 4 members (excludes halogenated alkanes) is 5. The second-order valence-corrected chi connectivity index (χ2v) is 20.9. The summed E-state index contributed by atoms with van der Waals surface area (Å²) in [4.78, 5) is 0. The summed E-state index contributed by atoms with van der Waals surface area (Å²) >= 11 is -2.37. The van der Waals surface area contributed by atoms with E-state index in [1.165, 1.54) is 71.1 Å². The molecule has 0 unspecified atom stereocenters. The summed E-state index contributed by atoms with van der Waals surface area (Å²) in [5.41, 5.74) is 0. The quantitative estimate of drug-likeness (QED) is 0.102. The van der Waals surface area contributed by atoms with Crippen molar-refractivity contribution in [2.45, 2.75) is 103 Å². The molecule has 0 spiro atoms. The van der Waals surface area contributed by atoms with Crippen molar-refractivity contribution in [2.24, 2.45) is 0 Å². The third-order valence-electron chi connectivity index (χ3n) is 5.09. The predicted molar refractivity (Wildman–Crippen MR) is 110 cm³/mol. The standard InChI is InChI=1S/C9H17O2.3C4H9.Sn/c1-3-4-5-6-7-8-11-9-10-2;3*1-3-4-2;/h6-8H,3-5,9H2,1-2H3;3*1,3-4H2,2H3;/b7-6+;;;;. The number of hydrogen-bond acceptors (Lipinski definition) is 2. The van der Waals surface area contributed by atoms with Crippen LogP contribution < -0.4 is 0 Å². The third-order valence-corrected chi connectivity index (χ3v) is 21.1. The van der Waals surface area contributed by atoms with E-state index in [-0.39, 0.29) is 0 Å². The molecule has 0 aromatic heterocycles. The van der Waals surface area contributed by atoms with Gasteiger partial charge in [0.25, 0.3) is 0 Å². The summed E-state index contributed by atoms with van der Waals surface area (Å²) in [5.74, 6) is 0. The molecule has 1 atom stereocenters. The van der Waals surface area contributed by atoms with E-state index in [0.717, 1.165) is 0 Å². The molecule has 0 aromatic carbocycles. The average Bonchev–Trinajstić information content (AvgIpc) is 2.61. The van der Waals surface area contributed by atoms with E-state index >= 15 is 0 Å². The zero-order valence-electron chi connectivity index (χ0n) is 17.2. The first-order valence-corrected chi connectivity index (χ1v) is 18.2. The van der Waals surface area contributed by atoms with Crippen LogP contribution in [0.4, 0.5) is 0 Å². The summed E-state index contributed by atoms with van der Waals surface area (Å²) in [5, 5.41) is 0. The molecule has 144 valence electrons. The Morgan fingerprint density at radius 1 is 0.792 bits per heavy atom. The van der Waals surface area contributed by atoms with E-state index < -0.39 is 18.4 Å². The van der Waals surface area contributed by atoms with Crippen LogP contribution in [0.15, 0.2) is 12.2 Å². The van der Waals surface area contributed by atoms with Crippen LogP contribution in [0.5, 0.6) is 0 Å². The van der Waals surface area contributed by atoms with Gasteiger partial charge >= 0.3 is 157 Å². The zero-order chi connectivity index (χ0) is 18.1. The van der Waals surface area contributed by atoms with E-state index in [9.17, 15) is 0 Å². The van der Waals surface area contributed by atoms with Gasteiger partial charge in [0.05, 0.1) is 0 Å². The fourth-order valence-corrected chi connectivity index (χ4v) is 19.9. The van der Waals surface area contributed by atoms with Crippen LogP contribution in [0.2, 0.25) is 13.3 Å². The van der Waals surface area contributed by atoms with Crippen molar-refractivity contribution in [3.05, 3.63) is 12.2 Å². The molecule has 0 aliphatic heterocycles. The fraction of sp³-hybridized carbons (Fsp3) is 0.905. The summed E-state index contributed by atoms with van der Waals surface area (Å²) in [7, 11) is 1.75. The molecule has 0 N–H and O–H groups in total. The van der Waals surface area contributed by atoms with Crippen LogP contribution in [0, 0.1) is 0 Å². The van der Waals surface area contributed by atoms with Gasteiger partial charge in [-0.2, -0.15) is 0 Å². The van der Waals surface area contributed by atoms with Crippen LogP contribution in [0.3, 0.4) is 0 Å². The Balaban J connectivity index is 5.30. The Labute approximate surface area is 156 Å². The molecule has 0 saturated heterocycles. The molecule has 0 aliphatic carbocycles. The number of rotatable bonds is 17. The summed E-state index contributed by atoms with van der Waals surface area (Å²) < 4.78 is 16.5. The minimum atomic E-state index is -2.37. The van der Waals surface area contributed by atoms with Gasteiger partial charge in [-0.3, -0.25) is 0 Å². The van der Waals surface area contributed by atoms with Crippen molar-refractivity contribution < 1.29 is 9.47 Å². The molecule has 0 fully saturated rings. The molecule has 2 nitrogen and oxygen atoms in total. The van der Waals surface area contributed by atoms with Crippen LogP contribution in [-0.4, -0.2) is 36.4 Å². The van der Waals surface area contributed by atoms with Crippen LogP contribution >= 0.6 is 0 Å². The van der Waals surface area contributed by atoms with E-state index in [0.29, 0.717) is 10.9 Å². The third kappa shape index (κ3) is 10.4. The molecule has 0 aromatic rings. The molecule has 0 bridgehead atoms. The van der Waals surface area contributed by atoms with Crippen LogP contribution in [0.1, 0.15) is 85.5 Å². The molecule has 3 heteroatoms. The van der Waals surface area contributed by atoms with Crippen molar-refractivity contribution in [1.82, 2.24) is 0 Å². The van der Waals surface area contributed by atoms with Gasteiger partial charge in [-0.25, -0.2) is 0 Å². The van der Waals surface area contributed by atoms with Gasteiger partial charge in [-0.05, 0) is 0 Å². The van der Waals surface area contributed by atoms with E-state index in [2.05, 4.69) is 39.8 Å². The molecule has 0 radical (unpaired) electrons. The van der Waals surface area contributed by atoms with Crippen LogP contribution in [0.25, 0.3) is 0 Å². The first-order valence-electron chi connectivity index (χ1n) is 10.5. The minimum absolute atomic E-state index is 0.403. The number of ether oxygens (including phenoxy) is 2. The molecule has 0 aliphatic rings. The molecule has 0 heterocycles. The zero-order valence-corrected chi connectivity index (χ0v) is 20.1. The van der Waals surface area contributed by atoms with E-state index in [4.69, 9.17) is 9.47 Å². The van der Waals surface area contributed by atoms with Crippen molar-refractivity contribution in [3.8, 4) is 0 Å². The van der Waals surface area contributed by atoms with Gasteiger partial charge in [-0.1, -0.05) is 0 Å². The number of methoxy groups -OCH3 is 1. The number of hydrogen-bond donors (Lipinski definition) is 0. The maximum absolute atomic E-state index is 6.31. The Bertz CT molecular complexity index is 270. The Morgan fingerprint density at radius 3 is 1.71 bits per heavy atom. The maximum atomic E-state index is 6.31. The van der Waals surface area contributed by atoms with Gasteiger partial charge in [0.15, 0.2) is 0 Å². The second-order valence-electron chi connectivity index (χ2n) is 7.24. The molecule has 24 heavy (non-hydrogen) atoms. The normalized spacial score (nSPS) is 13.7. The first kappa shape index (κ1) is 24.5. The molecule has 0 amide bonds. The van der Waals surface area contributed by atoms with Crippen molar-refractivity contribution >= 4 is 18.4 Å². The Morgan fingerprint density at radius 2 is 1.29 bits per heavy atom. The Hall–Kier alpha value is 0.459. The van der Waals surface area contributed by atoms with Gasteiger partial charge in [0.2, 0.25) is 0 Å². The van der Waals surface area contributed by atoms with Crippen molar-refractivity contribution in [3.63, 3.8) is 0 Å². The topological polar surface area (TPSA) is 18.5 Å². The summed E-state index contributed by atoms with van der Waals surface area (Å²) in [6.07, 6.45) is 16.7. The van der Waals surface area contributed by atoms with E-state index in [1.54, 1.807) is 7.11 Å². The van der Waals surface area contributed by atoms with Gasteiger partial charge in [0.1, 0.15) is 0 Å². The van der Waals surface area contributed by atoms with Gasteiger partial charge < -0.3 is 0 Å². The van der Waals surface area contributed by atoms with Crippen LogP contribution in [-0.2, 0) is 9.47 Å². The molecule has 0 rings (SSSR count). The van der Waals surface area contributed by atoms with E-state index in [1.807, 2.05) is 0 Å². The first-order chi connectivity index (χ1) is 11.7. The second kappa shape index (κ2) is 16.9. The summed E-state index contributed by atoms with van der Waals surface area (Å²) in [6, 6.07) is 0. The van der Waals surface area contributed by atoms with Gasteiger partial charge in [0, 0.05) is 0 Å². The molecular formula is C21H44O2Sn. The predicted octanol–water partition coefficient (Wildman–Crippen LogP) is 7.11. The number of allylic oxidation sites excluding steroid dienone is 1. The average molecular weight is 447 g/mol. The molecule has 0 saturated carbocycles.